The number of rotatable bonds is 5. The van der Waals surface area contributed by atoms with Crippen LogP contribution in [0.1, 0.15) is 5.56 Å². The Labute approximate surface area is 162 Å². The summed E-state index contributed by atoms with van der Waals surface area (Å²) in [5.74, 6) is -2.06. The first-order valence-corrected chi connectivity index (χ1v) is 11.3. The van der Waals surface area contributed by atoms with E-state index >= 15 is 0 Å². The van der Waals surface area contributed by atoms with Crippen molar-refractivity contribution in [3.8, 4) is 0 Å². The summed E-state index contributed by atoms with van der Waals surface area (Å²) >= 11 is 0. The molecule has 0 bridgehead atoms. The predicted octanol–water partition coefficient (Wildman–Crippen LogP) is 2.27. The highest BCUT2D eigenvalue weighted by Gasteiger charge is 2.33. The lowest BCUT2D eigenvalue weighted by molar-refractivity contribution is 0.274. The first-order chi connectivity index (χ1) is 13.2. The second-order valence-electron chi connectivity index (χ2n) is 6.14. The second kappa shape index (κ2) is 8.08. The molecule has 0 spiro atoms. The third-order valence-electron chi connectivity index (χ3n) is 4.30. The zero-order chi connectivity index (χ0) is 20.4. The van der Waals surface area contributed by atoms with Gasteiger partial charge in [0.1, 0.15) is 16.5 Å². The fourth-order valence-corrected chi connectivity index (χ4v) is 5.44. The number of hydrogen-bond donors (Lipinski definition) is 0. The number of piperazine rings is 1. The largest absolute Gasteiger partial charge is 0.246 e. The van der Waals surface area contributed by atoms with Crippen LogP contribution in [-0.4, -0.2) is 51.6 Å². The van der Waals surface area contributed by atoms with Crippen molar-refractivity contribution in [1.29, 1.82) is 0 Å². The number of nitrogens with zero attached hydrogens (tertiary/aromatic N) is 2. The van der Waals surface area contributed by atoms with E-state index in [-0.39, 0.29) is 26.2 Å². The molecule has 3 rings (SSSR count). The van der Waals surface area contributed by atoms with Crippen LogP contribution in [0.4, 0.5) is 8.78 Å². The summed E-state index contributed by atoms with van der Waals surface area (Å²) in [4.78, 5) is -0.630. The maximum absolute atomic E-state index is 13.9. The van der Waals surface area contributed by atoms with E-state index in [4.69, 9.17) is 0 Å². The van der Waals surface area contributed by atoms with Crippen LogP contribution in [0.15, 0.2) is 58.8 Å². The molecule has 0 saturated carbocycles. The van der Waals surface area contributed by atoms with E-state index in [1.807, 2.05) is 6.07 Å². The standard InChI is InChI=1S/C18H18F2N2O4S2/c19-16-6-7-18(17(20)14-16)28(25,26)22-11-9-21(10-12-22)27(23,24)13-8-15-4-2-1-3-5-15/h1-8,13-14H,9-12H2/b13-8+. The number of benzene rings is 2. The monoisotopic (exact) mass is 428 g/mol. The molecule has 0 radical (unpaired) electrons. The molecule has 1 heterocycles. The van der Waals surface area contributed by atoms with Crippen molar-refractivity contribution < 1.29 is 25.6 Å². The van der Waals surface area contributed by atoms with Crippen molar-refractivity contribution in [3.05, 3.63) is 71.1 Å². The van der Waals surface area contributed by atoms with Gasteiger partial charge in [-0.1, -0.05) is 30.3 Å². The van der Waals surface area contributed by atoms with Crippen molar-refractivity contribution in [2.24, 2.45) is 0 Å². The Balaban J connectivity index is 1.70. The van der Waals surface area contributed by atoms with Crippen molar-refractivity contribution in [1.82, 2.24) is 8.61 Å². The Kier molecular flexibility index (Phi) is 5.94. The van der Waals surface area contributed by atoms with Crippen LogP contribution in [0.25, 0.3) is 6.08 Å². The maximum atomic E-state index is 13.9. The van der Waals surface area contributed by atoms with Crippen LogP contribution < -0.4 is 0 Å². The highest BCUT2D eigenvalue weighted by Crippen LogP contribution is 2.22. The Morgan fingerprint density at radius 3 is 2.04 bits per heavy atom. The molecule has 0 aliphatic carbocycles. The molecule has 1 saturated heterocycles. The van der Waals surface area contributed by atoms with Gasteiger partial charge in [-0.3, -0.25) is 0 Å². The summed E-state index contributed by atoms with van der Waals surface area (Å²) in [5, 5.41) is 1.08. The van der Waals surface area contributed by atoms with Gasteiger partial charge in [0.25, 0.3) is 0 Å². The molecule has 0 amide bonds. The molecular weight excluding hydrogens is 410 g/mol. The predicted molar refractivity (Wildman–Crippen MR) is 101 cm³/mol. The van der Waals surface area contributed by atoms with Gasteiger partial charge in [-0.25, -0.2) is 25.6 Å². The Bertz CT molecular complexity index is 1080. The minimum absolute atomic E-state index is 0.0660. The summed E-state index contributed by atoms with van der Waals surface area (Å²) in [6.07, 6.45) is 1.46. The van der Waals surface area contributed by atoms with E-state index in [1.165, 1.54) is 10.4 Å². The summed E-state index contributed by atoms with van der Waals surface area (Å²) < 4.78 is 79.1. The molecule has 6 nitrogen and oxygen atoms in total. The van der Waals surface area contributed by atoms with Crippen molar-refractivity contribution in [3.63, 3.8) is 0 Å². The zero-order valence-corrected chi connectivity index (χ0v) is 16.3. The molecule has 0 aromatic heterocycles. The Hall–Kier alpha value is -2.14. The van der Waals surface area contributed by atoms with Gasteiger partial charge in [0.05, 0.1) is 0 Å². The summed E-state index contributed by atoms with van der Waals surface area (Å²) in [6, 6.07) is 11.1. The Morgan fingerprint density at radius 2 is 1.43 bits per heavy atom. The van der Waals surface area contributed by atoms with E-state index in [0.717, 1.165) is 27.4 Å². The van der Waals surface area contributed by atoms with Crippen LogP contribution in [0.3, 0.4) is 0 Å². The third kappa shape index (κ3) is 4.46. The summed E-state index contributed by atoms with van der Waals surface area (Å²) in [5.41, 5.74) is 0.721. The fraction of sp³-hybridized carbons (Fsp3) is 0.222. The van der Waals surface area contributed by atoms with Crippen molar-refractivity contribution in [2.75, 3.05) is 26.2 Å². The molecule has 10 heteroatoms. The molecule has 1 fully saturated rings. The molecule has 0 atom stereocenters. The van der Waals surface area contributed by atoms with Gasteiger partial charge >= 0.3 is 0 Å². The average molecular weight is 428 g/mol. The van der Waals surface area contributed by atoms with Gasteiger partial charge in [0.2, 0.25) is 20.0 Å². The number of sulfonamides is 2. The molecule has 1 aliphatic heterocycles. The summed E-state index contributed by atoms with van der Waals surface area (Å²) in [6.45, 7) is -0.387. The fourth-order valence-electron chi connectivity index (χ4n) is 2.80. The highest BCUT2D eigenvalue weighted by atomic mass is 32.2. The molecule has 1 aliphatic rings. The molecule has 2 aromatic carbocycles. The van der Waals surface area contributed by atoms with Crippen LogP contribution in [0.5, 0.6) is 0 Å². The maximum Gasteiger partial charge on any atom is 0.246 e. The first kappa shape index (κ1) is 20.6. The van der Waals surface area contributed by atoms with Crippen molar-refractivity contribution in [2.45, 2.75) is 4.90 Å². The van der Waals surface area contributed by atoms with Gasteiger partial charge in [-0.05, 0) is 23.8 Å². The lowest BCUT2D eigenvalue weighted by Crippen LogP contribution is -2.50. The summed E-state index contributed by atoms with van der Waals surface area (Å²) in [7, 11) is -7.90. The van der Waals surface area contributed by atoms with Crippen LogP contribution in [0.2, 0.25) is 0 Å². The van der Waals surface area contributed by atoms with Gasteiger partial charge in [-0.2, -0.15) is 8.61 Å². The molecule has 28 heavy (non-hydrogen) atoms. The molecule has 2 aromatic rings. The van der Waals surface area contributed by atoms with Crippen LogP contribution in [0, 0.1) is 11.6 Å². The van der Waals surface area contributed by atoms with Crippen LogP contribution >= 0.6 is 0 Å². The van der Waals surface area contributed by atoms with E-state index in [0.29, 0.717) is 6.07 Å². The van der Waals surface area contributed by atoms with E-state index in [2.05, 4.69) is 0 Å². The van der Waals surface area contributed by atoms with E-state index in [1.54, 1.807) is 24.3 Å². The number of hydrogen-bond acceptors (Lipinski definition) is 4. The molecule has 150 valence electrons. The number of halogens is 2. The topological polar surface area (TPSA) is 74.8 Å². The quantitative estimate of drug-likeness (QED) is 0.732. The minimum atomic E-state index is -4.18. The normalized spacial score (nSPS) is 17.2. The average Bonchev–Trinajstić information content (AvgIpc) is 2.67. The third-order valence-corrected chi connectivity index (χ3v) is 7.80. The van der Waals surface area contributed by atoms with E-state index < -0.39 is 36.6 Å². The minimum Gasteiger partial charge on any atom is -0.208 e. The second-order valence-corrected chi connectivity index (χ2v) is 9.86. The molecule has 0 N–H and O–H groups in total. The lowest BCUT2D eigenvalue weighted by Gasteiger charge is -2.32. The van der Waals surface area contributed by atoms with Gasteiger partial charge < -0.3 is 0 Å². The SMILES string of the molecule is O=S(=O)(/C=C/c1ccccc1)N1CCN(S(=O)(=O)c2ccc(F)cc2F)CC1. The molecule has 0 unspecified atom stereocenters. The van der Waals surface area contributed by atoms with Gasteiger partial charge in [0, 0.05) is 37.7 Å². The molecular formula is C18H18F2N2O4S2. The lowest BCUT2D eigenvalue weighted by atomic mass is 10.2. The van der Waals surface area contributed by atoms with E-state index in [9.17, 15) is 25.6 Å². The Morgan fingerprint density at radius 1 is 0.821 bits per heavy atom. The van der Waals surface area contributed by atoms with Gasteiger partial charge in [0.15, 0.2) is 0 Å². The first-order valence-electron chi connectivity index (χ1n) is 8.39. The van der Waals surface area contributed by atoms with Crippen molar-refractivity contribution >= 4 is 26.1 Å². The highest BCUT2D eigenvalue weighted by molar-refractivity contribution is 7.92. The van der Waals surface area contributed by atoms with Crippen LogP contribution in [-0.2, 0) is 20.0 Å². The van der Waals surface area contributed by atoms with Gasteiger partial charge in [-0.15, -0.1) is 0 Å². The zero-order valence-electron chi connectivity index (χ0n) is 14.7. The smallest absolute Gasteiger partial charge is 0.208 e.